The Morgan fingerprint density at radius 3 is 2.42 bits per heavy atom. The first kappa shape index (κ1) is 14.3. The van der Waals surface area contributed by atoms with Crippen molar-refractivity contribution < 1.29 is 5.11 Å². The van der Waals surface area contributed by atoms with Gasteiger partial charge < -0.3 is 15.7 Å². The summed E-state index contributed by atoms with van der Waals surface area (Å²) in [7, 11) is 0. The lowest BCUT2D eigenvalue weighted by molar-refractivity contribution is 0.115. The molecule has 4 heteroatoms. The number of piperazine rings is 1. The largest absolute Gasteiger partial charge is 0.390 e. The molecule has 19 heavy (non-hydrogen) atoms. The number of anilines is 1. The van der Waals surface area contributed by atoms with Crippen LogP contribution in [0.1, 0.15) is 11.1 Å². The molecule has 0 saturated carbocycles. The number of hydrogen-bond donors (Lipinski definition) is 2. The molecule has 1 aliphatic rings. The number of aliphatic hydroxyl groups is 1. The van der Waals surface area contributed by atoms with Crippen LogP contribution in [0.2, 0.25) is 0 Å². The first-order valence-electron chi connectivity index (χ1n) is 7.03. The van der Waals surface area contributed by atoms with Crippen LogP contribution in [0.3, 0.4) is 0 Å². The van der Waals surface area contributed by atoms with Crippen LogP contribution in [0.25, 0.3) is 0 Å². The second kappa shape index (κ2) is 6.37. The second-order valence-corrected chi connectivity index (χ2v) is 5.45. The zero-order chi connectivity index (χ0) is 13.8. The second-order valence-electron chi connectivity index (χ2n) is 5.45. The van der Waals surface area contributed by atoms with Crippen LogP contribution in [-0.2, 0) is 0 Å². The van der Waals surface area contributed by atoms with Crippen molar-refractivity contribution >= 4 is 5.69 Å². The van der Waals surface area contributed by atoms with E-state index >= 15 is 0 Å². The lowest BCUT2D eigenvalue weighted by Crippen LogP contribution is -2.49. The van der Waals surface area contributed by atoms with E-state index in [2.05, 4.69) is 41.8 Å². The molecule has 1 fully saturated rings. The van der Waals surface area contributed by atoms with Crippen LogP contribution in [0, 0.1) is 13.8 Å². The van der Waals surface area contributed by atoms with E-state index in [9.17, 15) is 5.11 Å². The van der Waals surface area contributed by atoms with Crippen LogP contribution in [0.15, 0.2) is 18.2 Å². The van der Waals surface area contributed by atoms with Crippen molar-refractivity contribution in [2.45, 2.75) is 20.0 Å². The van der Waals surface area contributed by atoms with Crippen LogP contribution in [-0.4, -0.2) is 55.4 Å². The average Bonchev–Trinajstić information content (AvgIpc) is 2.42. The van der Waals surface area contributed by atoms with E-state index in [-0.39, 0.29) is 0 Å². The van der Waals surface area contributed by atoms with Crippen molar-refractivity contribution in [3.63, 3.8) is 0 Å². The quantitative estimate of drug-likeness (QED) is 0.841. The molecule has 0 amide bonds. The number of nitrogens with two attached hydrogens (primary N) is 1. The first-order valence-corrected chi connectivity index (χ1v) is 7.03. The summed E-state index contributed by atoms with van der Waals surface area (Å²) >= 11 is 0. The third-order valence-electron chi connectivity index (χ3n) is 3.97. The van der Waals surface area contributed by atoms with E-state index in [1.807, 2.05) is 0 Å². The van der Waals surface area contributed by atoms with Crippen LogP contribution in [0.4, 0.5) is 5.69 Å². The van der Waals surface area contributed by atoms with E-state index < -0.39 is 6.10 Å². The Hall–Kier alpha value is -1.10. The fourth-order valence-corrected chi connectivity index (χ4v) is 2.48. The van der Waals surface area contributed by atoms with Crippen molar-refractivity contribution in [3.8, 4) is 0 Å². The maximum Gasteiger partial charge on any atom is 0.0789 e. The summed E-state index contributed by atoms with van der Waals surface area (Å²) in [5.41, 5.74) is 9.45. The predicted octanol–water partition coefficient (Wildman–Crippen LogP) is 0.745. The molecule has 1 saturated heterocycles. The van der Waals surface area contributed by atoms with Crippen molar-refractivity contribution in [1.29, 1.82) is 0 Å². The van der Waals surface area contributed by atoms with Gasteiger partial charge in [0.25, 0.3) is 0 Å². The SMILES string of the molecule is Cc1ccc(N2CCN(CC(O)CN)CC2)cc1C. The molecule has 4 nitrogen and oxygen atoms in total. The highest BCUT2D eigenvalue weighted by Gasteiger charge is 2.19. The van der Waals surface area contributed by atoms with Gasteiger partial charge in [0.05, 0.1) is 6.10 Å². The lowest BCUT2D eigenvalue weighted by Gasteiger charge is -2.37. The van der Waals surface area contributed by atoms with E-state index in [1.54, 1.807) is 0 Å². The molecule has 1 atom stereocenters. The van der Waals surface area contributed by atoms with Gasteiger partial charge in [0.1, 0.15) is 0 Å². The molecule has 0 radical (unpaired) electrons. The Morgan fingerprint density at radius 2 is 1.84 bits per heavy atom. The minimum Gasteiger partial charge on any atom is -0.390 e. The molecule has 1 unspecified atom stereocenters. The predicted molar refractivity (Wildman–Crippen MR) is 79.6 cm³/mol. The summed E-state index contributed by atoms with van der Waals surface area (Å²) in [6.07, 6.45) is -0.395. The molecule has 2 rings (SSSR count). The number of aryl methyl sites for hydroxylation is 2. The van der Waals surface area contributed by atoms with Gasteiger partial charge in [0, 0.05) is 45.0 Å². The van der Waals surface area contributed by atoms with Gasteiger partial charge in [0.2, 0.25) is 0 Å². The van der Waals surface area contributed by atoms with Gasteiger partial charge in [-0.3, -0.25) is 4.90 Å². The summed E-state index contributed by atoms with van der Waals surface area (Å²) < 4.78 is 0. The molecule has 1 heterocycles. The van der Waals surface area contributed by atoms with Crippen LogP contribution >= 0.6 is 0 Å². The smallest absolute Gasteiger partial charge is 0.0789 e. The first-order chi connectivity index (χ1) is 9.10. The van der Waals surface area contributed by atoms with E-state index in [0.717, 1.165) is 26.2 Å². The minimum absolute atomic E-state index is 0.345. The Labute approximate surface area is 115 Å². The maximum atomic E-state index is 9.58. The van der Waals surface area contributed by atoms with E-state index in [1.165, 1.54) is 16.8 Å². The van der Waals surface area contributed by atoms with Gasteiger partial charge in [-0.15, -0.1) is 0 Å². The third-order valence-corrected chi connectivity index (χ3v) is 3.97. The zero-order valence-electron chi connectivity index (χ0n) is 12.0. The standard InChI is InChI=1S/C15H25N3O/c1-12-3-4-14(9-13(12)2)18-7-5-17(6-8-18)11-15(19)10-16/h3-4,9,15,19H,5-8,10-11,16H2,1-2H3. The van der Waals surface area contributed by atoms with Crippen molar-refractivity contribution in [2.75, 3.05) is 44.2 Å². The number of β-amino-alcohol motifs (C(OH)–C–C–N with tert-alkyl or cyclic N) is 1. The molecule has 0 spiro atoms. The fraction of sp³-hybridized carbons (Fsp3) is 0.600. The lowest BCUT2D eigenvalue weighted by atomic mass is 10.1. The fourth-order valence-electron chi connectivity index (χ4n) is 2.48. The van der Waals surface area contributed by atoms with Crippen molar-refractivity contribution in [2.24, 2.45) is 5.73 Å². The highest BCUT2D eigenvalue weighted by atomic mass is 16.3. The number of nitrogens with zero attached hydrogens (tertiary/aromatic N) is 2. The molecule has 3 N–H and O–H groups in total. The monoisotopic (exact) mass is 263 g/mol. The molecular weight excluding hydrogens is 238 g/mol. The average molecular weight is 263 g/mol. The molecule has 0 aromatic heterocycles. The van der Waals surface area contributed by atoms with Crippen molar-refractivity contribution in [3.05, 3.63) is 29.3 Å². The van der Waals surface area contributed by atoms with Gasteiger partial charge in [0.15, 0.2) is 0 Å². The van der Waals surface area contributed by atoms with Crippen LogP contribution < -0.4 is 10.6 Å². The zero-order valence-corrected chi connectivity index (χ0v) is 12.0. The summed E-state index contributed by atoms with van der Waals surface area (Å²) in [5.74, 6) is 0. The van der Waals surface area contributed by atoms with Gasteiger partial charge >= 0.3 is 0 Å². The molecular formula is C15H25N3O. The normalized spacial score (nSPS) is 18.6. The van der Waals surface area contributed by atoms with Gasteiger partial charge in [-0.2, -0.15) is 0 Å². The van der Waals surface area contributed by atoms with Crippen LogP contribution in [0.5, 0.6) is 0 Å². The highest BCUT2D eigenvalue weighted by molar-refractivity contribution is 5.51. The number of rotatable bonds is 4. The topological polar surface area (TPSA) is 52.7 Å². The Bertz CT molecular complexity index is 414. The maximum absolute atomic E-state index is 9.58. The summed E-state index contributed by atoms with van der Waals surface area (Å²) in [5, 5.41) is 9.58. The minimum atomic E-state index is -0.395. The third kappa shape index (κ3) is 3.69. The molecule has 1 aliphatic heterocycles. The van der Waals surface area contributed by atoms with Gasteiger partial charge in [-0.05, 0) is 37.1 Å². The molecule has 106 valence electrons. The summed E-state index contributed by atoms with van der Waals surface area (Å²) in [6, 6.07) is 6.65. The van der Waals surface area contributed by atoms with Gasteiger partial charge in [-0.25, -0.2) is 0 Å². The van der Waals surface area contributed by atoms with E-state index in [4.69, 9.17) is 5.73 Å². The van der Waals surface area contributed by atoms with Crippen molar-refractivity contribution in [1.82, 2.24) is 4.90 Å². The molecule has 0 bridgehead atoms. The molecule has 1 aromatic carbocycles. The Morgan fingerprint density at radius 1 is 1.16 bits per heavy atom. The summed E-state index contributed by atoms with van der Waals surface area (Å²) in [4.78, 5) is 4.70. The molecule has 1 aromatic rings. The number of hydrogen-bond acceptors (Lipinski definition) is 4. The molecule has 0 aliphatic carbocycles. The van der Waals surface area contributed by atoms with E-state index in [0.29, 0.717) is 13.1 Å². The number of aliphatic hydroxyl groups excluding tert-OH is 1. The Balaban J connectivity index is 1.90. The highest BCUT2D eigenvalue weighted by Crippen LogP contribution is 2.20. The Kier molecular flexibility index (Phi) is 4.80. The number of benzene rings is 1. The summed E-state index contributed by atoms with van der Waals surface area (Å²) in [6.45, 7) is 9.35. The van der Waals surface area contributed by atoms with Gasteiger partial charge in [-0.1, -0.05) is 6.07 Å².